The highest BCUT2D eigenvalue weighted by atomic mass is 16.5. The lowest BCUT2D eigenvalue weighted by Gasteiger charge is -2.11. The molecule has 3 amide bonds. The minimum atomic E-state index is -0.637. The zero-order valence-electron chi connectivity index (χ0n) is 10.7. The Labute approximate surface area is 109 Å². The van der Waals surface area contributed by atoms with Crippen molar-refractivity contribution in [3.8, 4) is 0 Å². The minimum Gasteiger partial charge on any atom is -0.466 e. The van der Waals surface area contributed by atoms with Gasteiger partial charge in [-0.05, 0) is 19.9 Å². The SMILES string of the molecule is Cc1cc(C(=O)OCC(=O)N2CCNC2=O)c(C)o1. The molecule has 1 aromatic heterocycles. The number of aryl methyl sites for hydroxylation is 2. The second kappa shape index (κ2) is 5.13. The van der Waals surface area contributed by atoms with Crippen molar-refractivity contribution in [2.45, 2.75) is 13.8 Å². The maximum absolute atomic E-state index is 11.7. The third-order valence-electron chi connectivity index (χ3n) is 2.75. The van der Waals surface area contributed by atoms with E-state index in [2.05, 4.69) is 5.32 Å². The number of hydrogen-bond acceptors (Lipinski definition) is 5. The van der Waals surface area contributed by atoms with Gasteiger partial charge in [-0.25, -0.2) is 9.59 Å². The average molecular weight is 266 g/mol. The van der Waals surface area contributed by atoms with Crippen LogP contribution in [0.3, 0.4) is 0 Å². The summed E-state index contributed by atoms with van der Waals surface area (Å²) in [5, 5.41) is 2.49. The largest absolute Gasteiger partial charge is 0.466 e. The van der Waals surface area contributed by atoms with E-state index in [1.54, 1.807) is 19.9 Å². The fourth-order valence-electron chi connectivity index (χ4n) is 1.83. The Hall–Kier alpha value is -2.31. The van der Waals surface area contributed by atoms with Crippen molar-refractivity contribution in [2.24, 2.45) is 0 Å². The fourth-order valence-corrected chi connectivity index (χ4v) is 1.83. The summed E-state index contributed by atoms with van der Waals surface area (Å²) in [6.45, 7) is 3.59. The Bertz CT molecular complexity index is 534. The molecule has 1 saturated heterocycles. The molecular weight excluding hydrogens is 252 g/mol. The van der Waals surface area contributed by atoms with Gasteiger partial charge < -0.3 is 14.5 Å². The van der Waals surface area contributed by atoms with Crippen LogP contribution < -0.4 is 5.32 Å². The van der Waals surface area contributed by atoms with Crippen LogP contribution in [-0.2, 0) is 9.53 Å². The molecule has 0 radical (unpaired) electrons. The smallest absolute Gasteiger partial charge is 0.342 e. The van der Waals surface area contributed by atoms with Gasteiger partial charge in [0.2, 0.25) is 0 Å². The molecule has 0 aromatic carbocycles. The van der Waals surface area contributed by atoms with Crippen molar-refractivity contribution < 1.29 is 23.5 Å². The number of imide groups is 1. The predicted octanol–water partition coefficient (Wildman–Crippen LogP) is 0.605. The first-order valence-electron chi connectivity index (χ1n) is 5.81. The highest BCUT2D eigenvalue weighted by molar-refractivity contribution is 5.98. The van der Waals surface area contributed by atoms with Gasteiger partial charge >= 0.3 is 12.0 Å². The second-order valence-corrected chi connectivity index (χ2v) is 4.18. The van der Waals surface area contributed by atoms with Crippen LogP contribution in [0.4, 0.5) is 4.79 Å². The topological polar surface area (TPSA) is 88.9 Å². The van der Waals surface area contributed by atoms with Crippen molar-refractivity contribution in [3.63, 3.8) is 0 Å². The molecule has 2 heterocycles. The zero-order chi connectivity index (χ0) is 14.0. The van der Waals surface area contributed by atoms with Gasteiger partial charge in [0.15, 0.2) is 6.61 Å². The molecule has 0 unspecified atom stereocenters. The van der Waals surface area contributed by atoms with E-state index in [-0.39, 0.29) is 5.56 Å². The molecule has 102 valence electrons. The number of amides is 3. The number of nitrogens with zero attached hydrogens (tertiary/aromatic N) is 1. The molecule has 7 heteroatoms. The molecule has 1 aliphatic heterocycles. The molecule has 1 aromatic rings. The quantitative estimate of drug-likeness (QED) is 0.809. The van der Waals surface area contributed by atoms with Crippen molar-refractivity contribution >= 4 is 17.9 Å². The van der Waals surface area contributed by atoms with Gasteiger partial charge in [0.1, 0.15) is 17.1 Å². The van der Waals surface area contributed by atoms with Gasteiger partial charge in [0.25, 0.3) is 5.91 Å². The van der Waals surface area contributed by atoms with Crippen LogP contribution in [0, 0.1) is 13.8 Å². The van der Waals surface area contributed by atoms with E-state index in [1.165, 1.54) is 0 Å². The van der Waals surface area contributed by atoms with Crippen LogP contribution in [-0.4, -0.2) is 42.5 Å². The fraction of sp³-hybridized carbons (Fsp3) is 0.417. The molecule has 0 saturated carbocycles. The van der Waals surface area contributed by atoms with E-state index in [0.29, 0.717) is 24.6 Å². The Morgan fingerprint density at radius 3 is 2.74 bits per heavy atom. The third kappa shape index (κ3) is 2.75. The molecule has 1 N–H and O–H groups in total. The highest BCUT2D eigenvalue weighted by Gasteiger charge is 2.27. The predicted molar refractivity (Wildman–Crippen MR) is 63.6 cm³/mol. The van der Waals surface area contributed by atoms with E-state index in [0.717, 1.165) is 4.90 Å². The number of carbonyl (C=O) groups is 3. The lowest BCUT2D eigenvalue weighted by atomic mass is 10.2. The zero-order valence-corrected chi connectivity index (χ0v) is 10.7. The summed E-state index contributed by atoms with van der Waals surface area (Å²) < 4.78 is 10.1. The Morgan fingerprint density at radius 2 is 2.21 bits per heavy atom. The molecule has 7 nitrogen and oxygen atoms in total. The normalized spacial score (nSPS) is 14.4. The molecule has 0 bridgehead atoms. The first kappa shape index (κ1) is 13.1. The summed E-state index contributed by atoms with van der Waals surface area (Å²) in [5.74, 6) is -0.146. The van der Waals surface area contributed by atoms with E-state index in [9.17, 15) is 14.4 Å². The molecule has 19 heavy (non-hydrogen) atoms. The van der Waals surface area contributed by atoms with Crippen molar-refractivity contribution in [1.82, 2.24) is 10.2 Å². The number of urea groups is 1. The molecular formula is C12H14N2O5. The first-order chi connectivity index (χ1) is 8.99. The van der Waals surface area contributed by atoms with Crippen LogP contribution >= 0.6 is 0 Å². The van der Waals surface area contributed by atoms with Gasteiger partial charge in [0, 0.05) is 13.1 Å². The van der Waals surface area contributed by atoms with E-state index >= 15 is 0 Å². The summed E-state index contributed by atoms with van der Waals surface area (Å²) in [5.41, 5.74) is 0.288. The monoisotopic (exact) mass is 266 g/mol. The molecule has 0 aliphatic carbocycles. The molecule has 1 fully saturated rings. The number of furan rings is 1. The van der Waals surface area contributed by atoms with Gasteiger partial charge in [-0.1, -0.05) is 0 Å². The van der Waals surface area contributed by atoms with E-state index in [1.807, 2.05) is 0 Å². The van der Waals surface area contributed by atoms with E-state index in [4.69, 9.17) is 9.15 Å². The van der Waals surface area contributed by atoms with Crippen LogP contribution in [0.1, 0.15) is 21.9 Å². The number of hydrogen-bond donors (Lipinski definition) is 1. The Balaban J connectivity index is 1.92. The number of rotatable bonds is 3. The van der Waals surface area contributed by atoms with Crippen LogP contribution in [0.25, 0.3) is 0 Å². The van der Waals surface area contributed by atoms with Crippen LogP contribution in [0.2, 0.25) is 0 Å². The van der Waals surface area contributed by atoms with Crippen molar-refractivity contribution in [2.75, 3.05) is 19.7 Å². The van der Waals surface area contributed by atoms with Crippen molar-refractivity contribution in [3.05, 3.63) is 23.2 Å². The Morgan fingerprint density at radius 1 is 1.47 bits per heavy atom. The molecule has 1 aliphatic rings. The maximum atomic E-state index is 11.7. The summed E-state index contributed by atoms with van der Waals surface area (Å²) >= 11 is 0. The van der Waals surface area contributed by atoms with Crippen molar-refractivity contribution in [1.29, 1.82) is 0 Å². The van der Waals surface area contributed by atoms with Gasteiger partial charge in [-0.15, -0.1) is 0 Å². The average Bonchev–Trinajstić information content (AvgIpc) is 2.91. The molecule has 0 atom stereocenters. The number of esters is 1. The number of nitrogens with one attached hydrogen (secondary N) is 1. The third-order valence-corrected chi connectivity index (χ3v) is 2.75. The van der Waals surface area contributed by atoms with Crippen LogP contribution in [0.15, 0.2) is 10.5 Å². The summed E-state index contributed by atoms with van der Waals surface area (Å²) in [7, 11) is 0. The van der Waals surface area contributed by atoms with E-state index < -0.39 is 24.5 Å². The summed E-state index contributed by atoms with van der Waals surface area (Å²) in [6, 6.07) is 1.08. The molecule has 0 spiro atoms. The Kier molecular flexibility index (Phi) is 3.55. The number of carbonyl (C=O) groups excluding carboxylic acids is 3. The van der Waals surface area contributed by atoms with Gasteiger partial charge in [-0.2, -0.15) is 0 Å². The maximum Gasteiger partial charge on any atom is 0.342 e. The summed E-state index contributed by atoms with van der Waals surface area (Å²) in [4.78, 5) is 35.6. The lowest BCUT2D eigenvalue weighted by molar-refractivity contribution is -0.130. The standard InChI is InChI=1S/C12H14N2O5/c1-7-5-9(8(2)19-7)11(16)18-6-10(15)14-4-3-13-12(14)17/h5H,3-4,6H2,1-2H3,(H,13,17). The van der Waals surface area contributed by atoms with Crippen LogP contribution in [0.5, 0.6) is 0 Å². The summed E-state index contributed by atoms with van der Waals surface area (Å²) in [6.07, 6.45) is 0. The minimum absolute atomic E-state index is 0.288. The highest BCUT2D eigenvalue weighted by Crippen LogP contribution is 2.14. The van der Waals surface area contributed by atoms with Gasteiger partial charge in [0.05, 0.1) is 0 Å². The lowest BCUT2D eigenvalue weighted by Crippen LogP contribution is -2.37. The first-order valence-corrected chi connectivity index (χ1v) is 5.81. The van der Waals surface area contributed by atoms with Gasteiger partial charge in [-0.3, -0.25) is 9.69 Å². The second-order valence-electron chi connectivity index (χ2n) is 4.18. The number of ether oxygens (including phenoxy) is 1. The molecule has 2 rings (SSSR count).